The highest BCUT2D eigenvalue weighted by molar-refractivity contribution is 9.11. The Kier molecular flexibility index (Phi) is 5.13. The summed E-state index contributed by atoms with van der Waals surface area (Å²) in [6.07, 6.45) is 1.26. The summed E-state index contributed by atoms with van der Waals surface area (Å²) in [6.45, 7) is 12.9. The fourth-order valence-electron chi connectivity index (χ4n) is 2.06. The molecule has 2 atom stereocenters. The first-order valence-corrected chi connectivity index (χ1v) is 6.21. The lowest BCUT2D eigenvalue weighted by atomic mass is 9.94. The van der Waals surface area contributed by atoms with E-state index in [1.807, 2.05) is 0 Å². The van der Waals surface area contributed by atoms with Gasteiger partial charge in [-0.1, -0.05) is 36.4 Å². The van der Waals surface area contributed by atoms with Crippen molar-refractivity contribution in [3.8, 4) is 0 Å². The second kappa shape index (κ2) is 5.89. The van der Waals surface area contributed by atoms with Gasteiger partial charge in [0, 0.05) is 23.6 Å². The SMILES string of the molecule is C=C(Br)CNC1CCN(CC)CC1C. The maximum absolute atomic E-state index is 3.84. The minimum Gasteiger partial charge on any atom is -0.309 e. The molecule has 0 saturated carbocycles. The van der Waals surface area contributed by atoms with Crippen LogP contribution in [0.1, 0.15) is 20.3 Å². The monoisotopic (exact) mass is 260 g/mol. The molecule has 0 aromatic rings. The van der Waals surface area contributed by atoms with E-state index in [1.54, 1.807) is 0 Å². The van der Waals surface area contributed by atoms with Gasteiger partial charge in [0.25, 0.3) is 0 Å². The van der Waals surface area contributed by atoms with Crippen molar-refractivity contribution in [2.75, 3.05) is 26.2 Å². The number of nitrogens with one attached hydrogen (secondary N) is 1. The molecule has 2 unspecified atom stereocenters. The number of halogens is 1. The number of nitrogens with zero attached hydrogens (tertiary/aromatic N) is 1. The van der Waals surface area contributed by atoms with Crippen molar-refractivity contribution >= 4 is 15.9 Å². The van der Waals surface area contributed by atoms with Crippen LogP contribution >= 0.6 is 15.9 Å². The molecule has 3 heteroatoms. The van der Waals surface area contributed by atoms with Crippen LogP contribution in [0.2, 0.25) is 0 Å². The van der Waals surface area contributed by atoms with E-state index in [9.17, 15) is 0 Å². The minimum atomic E-state index is 0.659. The molecule has 1 fully saturated rings. The van der Waals surface area contributed by atoms with Gasteiger partial charge in [0.2, 0.25) is 0 Å². The summed E-state index contributed by atoms with van der Waals surface area (Å²) >= 11 is 3.38. The van der Waals surface area contributed by atoms with Gasteiger partial charge in [-0.15, -0.1) is 0 Å². The number of hydrogen-bond donors (Lipinski definition) is 1. The second-order valence-corrected chi connectivity index (χ2v) is 5.29. The van der Waals surface area contributed by atoms with Crippen LogP contribution in [0.15, 0.2) is 11.1 Å². The highest BCUT2D eigenvalue weighted by atomic mass is 79.9. The van der Waals surface area contributed by atoms with Crippen molar-refractivity contribution < 1.29 is 0 Å². The zero-order valence-electron chi connectivity index (χ0n) is 9.22. The van der Waals surface area contributed by atoms with Gasteiger partial charge in [-0.3, -0.25) is 0 Å². The van der Waals surface area contributed by atoms with E-state index >= 15 is 0 Å². The second-order valence-electron chi connectivity index (χ2n) is 4.16. The number of hydrogen-bond acceptors (Lipinski definition) is 2. The molecule has 14 heavy (non-hydrogen) atoms. The molecule has 1 aliphatic heterocycles. The van der Waals surface area contributed by atoms with Crippen LogP contribution in [-0.2, 0) is 0 Å². The average molecular weight is 261 g/mol. The summed E-state index contributed by atoms with van der Waals surface area (Å²) in [7, 11) is 0. The summed E-state index contributed by atoms with van der Waals surface area (Å²) < 4.78 is 1.04. The normalized spacial score (nSPS) is 29.1. The smallest absolute Gasteiger partial charge is 0.0268 e. The zero-order valence-corrected chi connectivity index (χ0v) is 10.8. The molecule has 1 rings (SSSR count). The summed E-state index contributed by atoms with van der Waals surface area (Å²) in [5.74, 6) is 0.746. The standard InChI is InChI=1S/C11H21BrN2/c1-4-14-6-5-11(9(2)8-14)13-7-10(3)12/h9,11,13H,3-8H2,1-2H3. The zero-order chi connectivity index (χ0) is 10.6. The van der Waals surface area contributed by atoms with Gasteiger partial charge in [0.1, 0.15) is 0 Å². The largest absolute Gasteiger partial charge is 0.309 e. The van der Waals surface area contributed by atoms with Crippen molar-refractivity contribution in [2.24, 2.45) is 5.92 Å². The highest BCUT2D eigenvalue weighted by Gasteiger charge is 2.24. The Morgan fingerprint density at radius 2 is 2.36 bits per heavy atom. The van der Waals surface area contributed by atoms with Crippen LogP contribution in [0.5, 0.6) is 0 Å². The van der Waals surface area contributed by atoms with Gasteiger partial charge < -0.3 is 10.2 Å². The van der Waals surface area contributed by atoms with E-state index < -0.39 is 0 Å². The average Bonchev–Trinajstić information content (AvgIpc) is 2.15. The van der Waals surface area contributed by atoms with Gasteiger partial charge in [-0.2, -0.15) is 0 Å². The molecule has 2 nitrogen and oxygen atoms in total. The van der Waals surface area contributed by atoms with Crippen LogP contribution < -0.4 is 5.32 Å². The molecule has 0 aromatic heterocycles. The van der Waals surface area contributed by atoms with Crippen LogP contribution in [0.25, 0.3) is 0 Å². The molecule has 1 aliphatic rings. The molecule has 1 N–H and O–H groups in total. The van der Waals surface area contributed by atoms with Crippen LogP contribution in [-0.4, -0.2) is 37.1 Å². The minimum absolute atomic E-state index is 0.659. The molecule has 82 valence electrons. The maximum Gasteiger partial charge on any atom is 0.0268 e. The molecular weight excluding hydrogens is 240 g/mol. The summed E-state index contributed by atoms with van der Waals surface area (Å²) in [4.78, 5) is 2.52. The molecule has 0 spiro atoms. The molecule has 0 bridgehead atoms. The Balaban J connectivity index is 2.30. The van der Waals surface area contributed by atoms with E-state index in [1.165, 1.54) is 26.1 Å². The topological polar surface area (TPSA) is 15.3 Å². The Bertz CT molecular complexity index is 194. The Morgan fingerprint density at radius 3 is 2.86 bits per heavy atom. The lowest BCUT2D eigenvalue weighted by molar-refractivity contribution is 0.156. The number of likely N-dealkylation sites (tertiary alicyclic amines) is 1. The van der Waals surface area contributed by atoms with Crippen molar-refractivity contribution in [2.45, 2.75) is 26.3 Å². The Labute approximate surface area is 95.9 Å². The van der Waals surface area contributed by atoms with Gasteiger partial charge >= 0.3 is 0 Å². The van der Waals surface area contributed by atoms with Crippen LogP contribution in [0, 0.1) is 5.92 Å². The molecule has 0 amide bonds. The van der Waals surface area contributed by atoms with Gasteiger partial charge in [0.15, 0.2) is 0 Å². The third kappa shape index (κ3) is 3.71. The highest BCUT2D eigenvalue weighted by Crippen LogP contribution is 2.16. The molecule has 0 aliphatic carbocycles. The third-order valence-corrected chi connectivity index (χ3v) is 3.27. The van der Waals surface area contributed by atoms with Crippen molar-refractivity contribution in [3.63, 3.8) is 0 Å². The van der Waals surface area contributed by atoms with E-state index in [4.69, 9.17) is 0 Å². The number of piperidine rings is 1. The molecular formula is C11H21BrN2. The first-order valence-electron chi connectivity index (χ1n) is 5.42. The van der Waals surface area contributed by atoms with Crippen LogP contribution in [0.4, 0.5) is 0 Å². The van der Waals surface area contributed by atoms with E-state index in [0.29, 0.717) is 6.04 Å². The quantitative estimate of drug-likeness (QED) is 0.834. The van der Waals surface area contributed by atoms with E-state index in [2.05, 4.69) is 46.6 Å². The van der Waals surface area contributed by atoms with Crippen molar-refractivity contribution in [3.05, 3.63) is 11.1 Å². The first-order chi connectivity index (χ1) is 6.63. The molecule has 1 heterocycles. The lowest BCUT2D eigenvalue weighted by Gasteiger charge is -2.36. The Hall–Kier alpha value is 0.140. The van der Waals surface area contributed by atoms with Gasteiger partial charge in [0.05, 0.1) is 0 Å². The third-order valence-electron chi connectivity index (χ3n) is 2.99. The summed E-state index contributed by atoms with van der Waals surface area (Å²) in [5.41, 5.74) is 0. The summed E-state index contributed by atoms with van der Waals surface area (Å²) in [6, 6.07) is 0.659. The predicted octanol–water partition coefficient (Wildman–Crippen LogP) is 2.21. The lowest BCUT2D eigenvalue weighted by Crippen LogP contribution is -2.48. The van der Waals surface area contributed by atoms with Crippen LogP contribution in [0.3, 0.4) is 0 Å². The van der Waals surface area contributed by atoms with Crippen molar-refractivity contribution in [1.29, 1.82) is 0 Å². The van der Waals surface area contributed by atoms with Crippen molar-refractivity contribution in [1.82, 2.24) is 10.2 Å². The molecule has 0 radical (unpaired) electrons. The fourth-order valence-corrected chi connectivity index (χ4v) is 2.23. The number of rotatable bonds is 4. The maximum atomic E-state index is 3.84. The summed E-state index contributed by atoms with van der Waals surface area (Å²) in [5, 5.41) is 3.54. The predicted molar refractivity (Wildman–Crippen MR) is 65.8 cm³/mol. The van der Waals surface area contributed by atoms with Gasteiger partial charge in [-0.05, 0) is 25.4 Å². The fraction of sp³-hybridized carbons (Fsp3) is 0.818. The first kappa shape index (κ1) is 12.2. The van der Waals surface area contributed by atoms with Gasteiger partial charge in [-0.25, -0.2) is 0 Å². The van der Waals surface area contributed by atoms with E-state index in [-0.39, 0.29) is 0 Å². The molecule has 1 saturated heterocycles. The molecule has 0 aromatic carbocycles. The Morgan fingerprint density at radius 1 is 1.64 bits per heavy atom. The van der Waals surface area contributed by atoms with E-state index in [0.717, 1.165) is 16.9 Å².